The Balaban J connectivity index is 1.73. The molecule has 2 N–H and O–H groups in total. The Morgan fingerprint density at radius 2 is 0.970 bits per heavy atom. The van der Waals surface area contributed by atoms with Crippen LogP contribution in [0.5, 0.6) is 0 Å². The molecule has 0 bridgehead atoms. The maximum Gasteiger partial charge on any atom is 0.335 e. The minimum absolute atomic E-state index is 0.0511. The van der Waals surface area contributed by atoms with Gasteiger partial charge in [-0.3, -0.25) is 0 Å². The lowest BCUT2D eigenvalue weighted by molar-refractivity contribution is 0.0697. The summed E-state index contributed by atoms with van der Waals surface area (Å²) in [5.41, 5.74) is 12.9. The average molecular weight is 437 g/mol. The molecule has 0 spiro atoms. The number of rotatable bonds is 5. The fraction of sp³-hybridized carbons (Fsp3) is 0.167. The number of aliphatic hydroxyl groups is 1. The van der Waals surface area contributed by atoms with Crippen LogP contribution >= 0.6 is 0 Å². The van der Waals surface area contributed by atoms with Gasteiger partial charge in [-0.1, -0.05) is 60.7 Å². The molecular formula is C30H28O3. The van der Waals surface area contributed by atoms with Gasteiger partial charge in [0, 0.05) is 0 Å². The summed E-state index contributed by atoms with van der Waals surface area (Å²) in [6, 6.07) is 24.0. The van der Waals surface area contributed by atoms with Crippen molar-refractivity contribution in [3.8, 4) is 33.4 Å². The first-order valence-corrected chi connectivity index (χ1v) is 11.0. The van der Waals surface area contributed by atoms with Crippen molar-refractivity contribution in [1.82, 2.24) is 0 Å². The Morgan fingerprint density at radius 1 is 0.606 bits per heavy atom. The first kappa shape index (κ1) is 22.5. The van der Waals surface area contributed by atoms with Crippen LogP contribution in [0.3, 0.4) is 0 Å². The zero-order valence-corrected chi connectivity index (χ0v) is 19.4. The molecule has 4 aromatic rings. The highest BCUT2D eigenvalue weighted by Crippen LogP contribution is 2.36. The first-order chi connectivity index (χ1) is 15.8. The van der Waals surface area contributed by atoms with E-state index in [1.165, 1.54) is 33.4 Å². The van der Waals surface area contributed by atoms with Gasteiger partial charge in [0.15, 0.2) is 0 Å². The van der Waals surface area contributed by atoms with Gasteiger partial charge in [0.1, 0.15) is 0 Å². The molecule has 0 fully saturated rings. The summed E-state index contributed by atoms with van der Waals surface area (Å²) in [6.45, 7) is 8.56. The number of aryl methyl sites for hydroxylation is 4. The maximum atomic E-state index is 11.2. The van der Waals surface area contributed by atoms with Crippen molar-refractivity contribution in [1.29, 1.82) is 0 Å². The molecule has 0 aromatic heterocycles. The fourth-order valence-corrected chi connectivity index (χ4v) is 4.42. The number of benzene rings is 4. The van der Waals surface area contributed by atoms with E-state index in [1.54, 1.807) is 12.1 Å². The van der Waals surface area contributed by atoms with Crippen molar-refractivity contribution in [2.45, 2.75) is 34.3 Å². The summed E-state index contributed by atoms with van der Waals surface area (Å²) in [7, 11) is 0. The third kappa shape index (κ3) is 4.46. The monoisotopic (exact) mass is 436 g/mol. The summed E-state index contributed by atoms with van der Waals surface area (Å²) >= 11 is 0. The van der Waals surface area contributed by atoms with Gasteiger partial charge in [-0.2, -0.15) is 0 Å². The van der Waals surface area contributed by atoms with Crippen molar-refractivity contribution < 1.29 is 15.0 Å². The molecule has 33 heavy (non-hydrogen) atoms. The van der Waals surface area contributed by atoms with Gasteiger partial charge < -0.3 is 10.2 Å². The van der Waals surface area contributed by atoms with E-state index in [0.717, 1.165) is 27.8 Å². The van der Waals surface area contributed by atoms with Crippen LogP contribution in [0.4, 0.5) is 0 Å². The summed E-state index contributed by atoms with van der Waals surface area (Å²) in [5.74, 6) is -0.913. The zero-order valence-electron chi connectivity index (χ0n) is 19.4. The fourth-order valence-electron chi connectivity index (χ4n) is 4.42. The summed E-state index contributed by atoms with van der Waals surface area (Å²) < 4.78 is 0. The second-order valence-corrected chi connectivity index (χ2v) is 8.70. The molecule has 0 amide bonds. The van der Waals surface area contributed by atoms with E-state index in [0.29, 0.717) is 5.56 Å². The Labute approximate surface area is 195 Å². The predicted molar refractivity (Wildman–Crippen MR) is 135 cm³/mol. The molecule has 0 saturated heterocycles. The summed E-state index contributed by atoms with van der Waals surface area (Å²) in [5, 5.41) is 18.5. The van der Waals surface area contributed by atoms with Crippen LogP contribution < -0.4 is 0 Å². The number of carboxylic acid groups (broad SMARTS) is 1. The molecular weight excluding hydrogens is 408 g/mol. The Morgan fingerprint density at radius 3 is 1.36 bits per heavy atom. The summed E-state index contributed by atoms with van der Waals surface area (Å²) in [6.07, 6.45) is 0. The van der Waals surface area contributed by atoms with Crippen LogP contribution in [-0.2, 0) is 6.61 Å². The predicted octanol–water partition coefficient (Wildman–Crippen LogP) is 7.11. The average Bonchev–Trinajstić information content (AvgIpc) is 2.82. The van der Waals surface area contributed by atoms with Crippen LogP contribution in [0, 0.1) is 27.7 Å². The number of hydrogen-bond donors (Lipinski definition) is 2. The minimum Gasteiger partial charge on any atom is -0.478 e. The Bertz CT molecular complexity index is 1330. The zero-order chi connectivity index (χ0) is 23.7. The molecule has 4 rings (SSSR count). The molecule has 0 aliphatic rings. The smallest absolute Gasteiger partial charge is 0.335 e. The number of aliphatic hydroxyl groups excluding tert-OH is 1. The first-order valence-electron chi connectivity index (χ1n) is 11.0. The number of aromatic carboxylic acids is 1. The number of hydrogen-bond acceptors (Lipinski definition) is 2. The molecule has 0 aliphatic heterocycles. The van der Waals surface area contributed by atoms with Crippen LogP contribution in [0.25, 0.3) is 33.4 Å². The highest BCUT2D eigenvalue weighted by molar-refractivity contribution is 5.88. The highest BCUT2D eigenvalue weighted by Gasteiger charge is 2.13. The van der Waals surface area contributed by atoms with E-state index < -0.39 is 5.97 Å². The van der Waals surface area contributed by atoms with Gasteiger partial charge in [-0.25, -0.2) is 4.79 Å². The van der Waals surface area contributed by atoms with Gasteiger partial charge in [0.25, 0.3) is 0 Å². The Hall–Kier alpha value is -3.69. The lowest BCUT2D eigenvalue weighted by Crippen LogP contribution is -1.96. The van der Waals surface area contributed by atoms with Crippen molar-refractivity contribution >= 4 is 5.97 Å². The van der Waals surface area contributed by atoms with E-state index >= 15 is 0 Å². The molecule has 0 aliphatic carbocycles. The molecule has 4 aromatic carbocycles. The van der Waals surface area contributed by atoms with E-state index in [2.05, 4.69) is 64.1 Å². The van der Waals surface area contributed by atoms with Crippen LogP contribution in [0.2, 0.25) is 0 Å². The third-order valence-corrected chi connectivity index (χ3v) is 6.32. The van der Waals surface area contributed by atoms with E-state index in [9.17, 15) is 9.90 Å². The molecule has 3 nitrogen and oxygen atoms in total. The second kappa shape index (κ2) is 9.05. The molecule has 166 valence electrons. The van der Waals surface area contributed by atoms with Crippen molar-refractivity contribution in [2.24, 2.45) is 0 Å². The molecule has 0 atom stereocenters. The molecule has 0 unspecified atom stereocenters. The minimum atomic E-state index is -0.913. The van der Waals surface area contributed by atoms with Crippen molar-refractivity contribution in [3.05, 3.63) is 106 Å². The largest absolute Gasteiger partial charge is 0.478 e. The normalized spacial score (nSPS) is 10.9. The van der Waals surface area contributed by atoms with Crippen molar-refractivity contribution in [2.75, 3.05) is 0 Å². The van der Waals surface area contributed by atoms with Crippen molar-refractivity contribution in [3.63, 3.8) is 0 Å². The Kier molecular flexibility index (Phi) is 6.17. The van der Waals surface area contributed by atoms with E-state index in [4.69, 9.17) is 5.11 Å². The molecule has 3 heteroatoms. The second-order valence-electron chi connectivity index (χ2n) is 8.70. The summed E-state index contributed by atoms with van der Waals surface area (Å²) in [4.78, 5) is 11.2. The standard InChI is InChI=1S/C30H28O3/c1-18-15-28(20(3)13-26(18)23-7-5-22(17-31)6-8-23)29-16-19(2)27(14-21(29)4)24-9-11-25(12-10-24)30(32)33/h5-16,31H,17H2,1-4H3,(H,32,33). The topological polar surface area (TPSA) is 57.5 Å². The van der Waals surface area contributed by atoms with Gasteiger partial charge >= 0.3 is 5.97 Å². The maximum absolute atomic E-state index is 11.2. The molecule has 0 saturated carbocycles. The van der Waals surface area contributed by atoms with Gasteiger partial charge in [-0.15, -0.1) is 0 Å². The van der Waals surface area contributed by atoms with Crippen LogP contribution in [0.1, 0.15) is 38.2 Å². The van der Waals surface area contributed by atoms with Gasteiger partial charge in [0.05, 0.1) is 12.2 Å². The van der Waals surface area contributed by atoms with Gasteiger partial charge in [0.2, 0.25) is 0 Å². The molecule has 0 heterocycles. The quantitative estimate of drug-likeness (QED) is 0.350. The van der Waals surface area contributed by atoms with E-state index in [-0.39, 0.29) is 6.61 Å². The van der Waals surface area contributed by atoms with E-state index in [1.807, 2.05) is 24.3 Å². The van der Waals surface area contributed by atoms with Crippen LogP contribution in [-0.4, -0.2) is 16.2 Å². The lowest BCUT2D eigenvalue weighted by atomic mass is 9.87. The van der Waals surface area contributed by atoms with Crippen LogP contribution in [0.15, 0.2) is 72.8 Å². The third-order valence-electron chi connectivity index (χ3n) is 6.32. The number of carbonyl (C=O) groups is 1. The SMILES string of the molecule is Cc1cc(-c2cc(C)c(-c3ccc(C(=O)O)cc3)cc2C)c(C)cc1-c1ccc(CO)cc1. The highest BCUT2D eigenvalue weighted by atomic mass is 16.4. The lowest BCUT2D eigenvalue weighted by Gasteiger charge is -2.17. The molecule has 0 radical (unpaired) electrons. The van der Waals surface area contributed by atoms with Gasteiger partial charge in [-0.05, 0) is 101 Å². The number of carboxylic acids is 1.